The van der Waals surface area contributed by atoms with Gasteiger partial charge in [0.25, 0.3) is 5.56 Å². The largest absolute Gasteiger partial charge is 0.480 e. The number of rotatable bonds is 5. The summed E-state index contributed by atoms with van der Waals surface area (Å²) in [6.45, 7) is 0.996. The number of hydrogen-bond acceptors (Lipinski definition) is 4. The molecule has 0 fully saturated rings. The van der Waals surface area contributed by atoms with Crippen molar-refractivity contribution in [2.75, 3.05) is 0 Å². The third kappa shape index (κ3) is 4.49. The van der Waals surface area contributed by atoms with Crippen molar-refractivity contribution in [1.82, 2.24) is 15.1 Å². The van der Waals surface area contributed by atoms with Crippen LogP contribution in [0.15, 0.2) is 45.7 Å². The van der Waals surface area contributed by atoms with Gasteiger partial charge in [-0.05, 0) is 25.1 Å². The first-order valence-corrected chi connectivity index (χ1v) is 7.52. The molecular formula is C15H14BrN3O4. The van der Waals surface area contributed by atoms with Crippen LogP contribution in [0.3, 0.4) is 0 Å². The highest BCUT2D eigenvalue weighted by Gasteiger charge is 2.15. The summed E-state index contributed by atoms with van der Waals surface area (Å²) in [5, 5.41) is 15.2. The van der Waals surface area contributed by atoms with Crippen LogP contribution < -0.4 is 10.9 Å². The van der Waals surface area contributed by atoms with Crippen molar-refractivity contribution >= 4 is 27.8 Å². The van der Waals surface area contributed by atoms with Gasteiger partial charge in [0.1, 0.15) is 12.6 Å². The van der Waals surface area contributed by atoms with Crippen molar-refractivity contribution in [3.63, 3.8) is 0 Å². The molecular weight excluding hydrogens is 366 g/mol. The van der Waals surface area contributed by atoms with Gasteiger partial charge in [0.2, 0.25) is 5.91 Å². The highest BCUT2D eigenvalue weighted by molar-refractivity contribution is 9.10. The van der Waals surface area contributed by atoms with Crippen LogP contribution in [-0.4, -0.2) is 32.8 Å². The van der Waals surface area contributed by atoms with Gasteiger partial charge < -0.3 is 10.4 Å². The van der Waals surface area contributed by atoms with E-state index in [1.54, 1.807) is 6.07 Å². The van der Waals surface area contributed by atoms with Gasteiger partial charge in [0.15, 0.2) is 0 Å². The summed E-state index contributed by atoms with van der Waals surface area (Å²) in [6, 6.07) is 9.19. The normalized spacial score (nSPS) is 11.7. The topological polar surface area (TPSA) is 101 Å². The lowest BCUT2D eigenvalue weighted by atomic mass is 10.1. The van der Waals surface area contributed by atoms with Crippen LogP contribution >= 0.6 is 15.9 Å². The van der Waals surface area contributed by atoms with E-state index in [-0.39, 0.29) is 6.54 Å². The Hall–Kier alpha value is -2.48. The van der Waals surface area contributed by atoms with Crippen LogP contribution in [0.2, 0.25) is 0 Å². The second-order valence-corrected chi connectivity index (χ2v) is 5.76. The zero-order chi connectivity index (χ0) is 17.0. The maximum Gasteiger partial charge on any atom is 0.325 e. The number of carboxylic acids is 1. The van der Waals surface area contributed by atoms with Gasteiger partial charge in [-0.25, -0.2) is 4.68 Å². The molecule has 0 aliphatic heterocycles. The molecule has 0 aliphatic rings. The lowest BCUT2D eigenvalue weighted by Crippen LogP contribution is -2.41. The van der Waals surface area contributed by atoms with Gasteiger partial charge >= 0.3 is 5.97 Å². The van der Waals surface area contributed by atoms with Crippen molar-refractivity contribution in [1.29, 1.82) is 0 Å². The zero-order valence-electron chi connectivity index (χ0n) is 12.2. The van der Waals surface area contributed by atoms with Crippen LogP contribution in [0.5, 0.6) is 0 Å². The number of amides is 1. The van der Waals surface area contributed by atoms with Crippen molar-refractivity contribution in [3.05, 3.63) is 51.2 Å². The molecule has 0 saturated carbocycles. The SMILES string of the molecule is C[C@H](NC(=O)Cn1nc(-c2ccc(Br)cc2)ccc1=O)C(=O)O. The Balaban J connectivity index is 2.21. The molecule has 1 atom stereocenters. The smallest absolute Gasteiger partial charge is 0.325 e. The number of halogens is 1. The third-order valence-electron chi connectivity index (χ3n) is 3.05. The van der Waals surface area contributed by atoms with Crippen molar-refractivity contribution < 1.29 is 14.7 Å². The minimum absolute atomic E-state index is 0.346. The average Bonchev–Trinajstić information content (AvgIpc) is 2.50. The van der Waals surface area contributed by atoms with Gasteiger partial charge in [-0.15, -0.1) is 0 Å². The summed E-state index contributed by atoms with van der Waals surface area (Å²) in [5.41, 5.74) is 0.890. The molecule has 1 amide bonds. The number of nitrogens with one attached hydrogen (secondary N) is 1. The molecule has 0 aliphatic carbocycles. The summed E-state index contributed by atoms with van der Waals surface area (Å²) >= 11 is 3.33. The molecule has 2 aromatic rings. The monoisotopic (exact) mass is 379 g/mol. The number of benzene rings is 1. The van der Waals surface area contributed by atoms with Crippen LogP contribution in [0, 0.1) is 0 Å². The fourth-order valence-corrected chi connectivity index (χ4v) is 2.09. The van der Waals surface area contributed by atoms with Gasteiger partial charge in [-0.1, -0.05) is 28.1 Å². The molecule has 23 heavy (non-hydrogen) atoms. The molecule has 1 aromatic heterocycles. The van der Waals surface area contributed by atoms with Gasteiger partial charge in [-0.3, -0.25) is 14.4 Å². The molecule has 8 heteroatoms. The van der Waals surface area contributed by atoms with Crippen molar-refractivity contribution in [2.24, 2.45) is 0 Å². The number of aliphatic carboxylic acids is 1. The summed E-state index contributed by atoms with van der Waals surface area (Å²) in [7, 11) is 0. The molecule has 0 radical (unpaired) electrons. The first-order valence-electron chi connectivity index (χ1n) is 6.73. The molecule has 1 heterocycles. The van der Waals surface area contributed by atoms with E-state index in [1.807, 2.05) is 24.3 Å². The van der Waals surface area contributed by atoms with E-state index in [2.05, 4.69) is 26.3 Å². The number of aromatic nitrogens is 2. The summed E-state index contributed by atoms with van der Waals surface area (Å²) in [4.78, 5) is 34.3. The van der Waals surface area contributed by atoms with E-state index in [0.717, 1.165) is 14.7 Å². The van der Waals surface area contributed by atoms with E-state index >= 15 is 0 Å². The lowest BCUT2D eigenvalue weighted by molar-refractivity contribution is -0.141. The molecule has 2 rings (SSSR count). The molecule has 0 spiro atoms. The number of carbonyl (C=O) groups is 2. The van der Waals surface area contributed by atoms with Crippen LogP contribution in [0.25, 0.3) is 11.3 Å². The van der Waals surface area contributed by atoms with Gasteiger partial charge in [-0.2, -0.15) is 5.10 Å². The maximum absolute atomic E-state index is 11.8. The molecule has 7 nitrogen and oxygen atoms in total. The Morgan fingerprint density at radius 1 is 1.26 bits per heavy atom. The Morgan fingerprint density at radius 2 is 1.91 bits per heavy atom. The van der Waals surface area contributed by atoms with Crippen LogP contribution in [0.1, 0.15) is 6.92 Å². The van der Waals surface area contributed by atoms with E-state index < -0.39 is 23.5 Å². The molecule has 0 unspecified atom stereocenters. The summed E-state index contributed by atoms with van der Waals surface area (Å²) in [5.74, 6) is -1.75. The minimum atomic E-state index is -1.15. The first kappa shape index (κ1) is 16.9. The van der Waals surface area contributed by atoms with Crippen LogP contribution in [0.4, 0.5) is 0 Å². The summed E-state index contributed by atoms with van der Waals surface area (Å²) in [6.07, 6.45) is 0. The standard InChI is InChI=1S/C15H14BrN3O4/c1-9(15(22)23)17-13(20)8-19-14(21)7-6-12(18-19)10-2-4-11(16)5-3-10/h2-7,9H,8H2,1H3,(H,17,20)(H,22,23)/t9-/m0/s1. The predicted molar refractivity (Wildman–Crippen MR) is 86.9 cm³/mol. The Morgan fingerprint density at radius 3 is 2.52 bits per heavy atom. The van der Waals surface area contributed by atoms with E-state index in [4.69, 9.17) is 5.11 Å². The van der Waals surface area contributed by atoms with E-state index in [1.165, 1.54) is 13.0 Å². The highest BCUT2D eigenvalue weighted by Crippen LogP contribution is 2.18. The quantitative estimate of drug-likeness (QED) is 0.814. The summed E-state index contributed by atoms with van der Waals surface area (Å²) < 4.78 is 1.91. The molecule has 120 valence electrons. The van der Waals surface area contributed by atoms with E-state index in [9.17, 15) is 14.4 Å². The van der Waals surface area contributed by atoms with E-state index in [0.29, 0.717) is 5.69 Å². The Labute approximate surface area is 140 Å². The van der Waals surface area contributed by atoms with Crippen molar-refractivity contribution in [3.8, 4) is 11.3 Å². The molecule has 2 N–H and O–H groups in total. The molecule has 0 saturated heterocycles. The second-order valence-electron chi connectivity index (χ2n) is 4.85. The second kappa shape index (κ2) is 7.19. The molecule has 0 bridgehead atoms. The highest BCUT2D eigenvalue weighted by atomic mass is 79.9. The Kier molecular flexibility index (Phi) is 5.28. The predicted octanol–water partition coefficient (Wildman–Crippen LogP) is 1.26. The Bertz CT molecular complexity index is 786. The minimum Gasteiger partial charge on any atom is -0.480 e. The van der Waals surface area contributed by atoms with Crippen molar-refractivity contribution in [2.45, 2.75) is 19.5 Å². The van der Waals surface area contributed by atoms with Crippen LogP contribution in [-0.2, 0) is 16.1 Å². The lowest BCUT2D eigenvalue weighted by Gasteiger charge is -2.10. The fourth-order valence-electron chi connectivity index (χ4n) is 1.82. The third-order valence-corrected chi connectivity index (χ3v) is 3.58. The number of hydrogen-bond donors (Lipinski definition) is 2. The fraction of sp³-hybridized carbons (Fsp3) is 0.200. The first-order chi connectivity index (χ1) is 10.9. The molecule has 1 aromatic carbocycles. The van der Waals surface area contributed by atoms with Gasteiger partial charge in [0.05, 0.1) is 5.69 Å². The number of nitrogens with zero attached hydrogens (tertiary/aromatic N) is 2. The number of carbonyl (C=O) groups excluding carboxylic acids is 1. The number of carboxylic acid groups (broad SMARTS) is 1. The maximum atomic E-state index is 11.8. The average molecular weight is 380 g/mol. The van der Waals surface area contributed by atoms with Gasteiger partial charge in [0, 0.05) is 16.1 Å². The zero-order valence-corrected chi connectivity index (χ0v) is 13.8.